The first-order chi connectivity index (χ1) is 7.81. The Hall–Kier alpha value is -1.09. The Morgan fingerprint density at radius 2 is 2.12 bits per heavy atom. The van der Waals surface area contributed by atoms with Gasteiger partial charge in [0.15, 0.2) is 0 Å². The number of nitrogens with zero attached hydrogens (tertiary/aromatic N) is 2. The highest BCUT2D eigenvalue weighted by Gasteiger charge is 2.08. The van der Waals surface area contributed by atoms with Crippen LogP contribution in [-0.4, -0.2) is 21.9 Å². The SMILES string of the molecule is CCc1nn(C)cc1/C=C(/C)CNC(C)(C)C. The predicted molar refractivity (Wildman–Crippen MR) is 74.0 cm³/mol. The molecule has 0 unspecified atom stereocenters. The third-order valence-electron chi connectivity index (χ3n) is 2.57. The number of rotatable bonds is 4. The highest BCUT2D eigenvalue weighted by atomic mass is 15.2. The van der Waals surface area contributed by atoms with E-state index in [2.05, 4.69) is 57.3 Å². The van der Waals surface area contributed by atoms with E-state index in [4.69, 9.17) is 0 Å². The van der Waals surface area contributed by atoms with Crippen molar-refractivity contribution in [3.8, 4) is 0 Å². The van der Waals surface area contributed by atoms with Crippen LogP contribution in [-0.2, 0) is 13.5 Å². The Morgan fingerprint density at radius 1 is 1.47 bits per heavy atom. The van der Waals surface area contributed by atoms with E-state index in [-0.39, 0.29) is 5.54 Å². The van der Waals surface area contributed by atoms with Crippen molar-refractivity contribution in [2.75, 3.05) is 6.54 Å². The Balaban J connectivity index is 2.73. The normalized spacial score (nSPS) is 13.2. The molecule has 17 heavy (non-hydrogen) atoms. The molecule has 0 atom stereocenters. The van der Waals surface area contributed by atoms with Gasteiger partial charge in [0.05, 0.1) is 5.69 Å². The molecule has 1 N–H and O–H groups in total. The van der Waals surface area contributed by atoms with Gasteiger partial charge in [-0.15, -0.1) is 0 Å². The molecule has 0 aromatic carbocycles. The number of hydrogen-bond donors (Lipinski definition) is 1. The molecular formula is C14H25N3. The molecule has 96 valence electrons. The third-order valence-corrected chi connectivity index (χ3v) is 2.57. The summed E-state index contributed by atoms with van der Waals surface area (Å²) in [6.45, 7) is 11.8. The summed E-state index contributed by atoms with van der Waals surface area (Å²) in [6.07, 6.45) is 5.29. The topological polar surface area (TPSA) is 29.9 Å². The Kier molecular flexibility index (Phi) is 4.52. The molecule has 0 saturated heterocycles. The van der Waals surface area contributed by atoms with Crippen molar-refractivity contribution in [2.45, 2.75) is 46.6 Å². The van der Waals surface area contributed by atoms with Gasteiger partial charge in [-0.2, -0.15) is 5.10 Å². The van der Waals surface area contributed by atoms with Gasteiger partial charge in [-0.25, -0.2) is 0 Å². The summed E-state index contributed by atoms with van der Waals surface area (Å²) in [5.74, 6) is 0. The van der Waals surface area contributed by atoms with Gasteiger partial charge in [-0.1, -0.05) is 18.6 Å². The van der Waals surface area contributed by atoms with Crippen LogP contribution in [0.1, 0.15) is 45.9 Å². The maximum atomic E-state index is 4.44. The van der Waals surface area contributed by atoms with E-state index < -0.39 is 0 Å². The Bertz CT molecular complexity index is 394. The van der Waals surface area contributed by atoms with Crippen molar-refractivity contribution in [2.24, 2.45) is 7.05 Å². The van der Waals surface area contributed by atoms with Crippen LogP contribution in [0.25, 0.3) is 6.08 Å². The molecule has 1 aromatic rings. The van der Waals surface area contributed by atoms with Gasteiger partial charge in [0, 0.05) is 30.9 Å². The second-order valence-electron chi connectivity index (χ2n) is 5.65. The monoisotopic (exact) mass is 235 g/mol. The fourth-order valence-corrected chi connectivity index (χ4v) is 1.67. The summed E-state index contributed by atoms with van der Waals surface area (Å²) in [7, 11) is 1.97. The average Bonchev–Trinajstić information content (AvgIpc) is 2.55. The number of nitrogens with one attached hydrogen (secondary N) is 1. The van der Waals surface area contributed by atoms with E-state index >= 15 is 0 Å². The van der Waals surface area contributed by atoms with Crippen LogP contribution in [0.2, 0.25) is 0 Å². The number of aryl methyl sites for hydroxylation is 2. The molecule has 0 fully saturated rings. The number of aromatic nitrogens is 2. The molecular weight excluding hydrogens is 210 g/mol. The summed E-state index contributed by atoms with van der Waals surface area (Å²) in [5, 5.41) is 7.93. The minimum atomic E-state index is 0.164. The van der Waals surface area contributed by atoms with Gasteiger partial charge < -0.3 is 5.32 Å². The fourth-order valence-electron chi connectivity index (χ4n) is 1.67. The van der Waals surface area contributed by atoms with Crippen molar-refractivity contribution in [3.05, 3.63) is 23.0 Å². The largest absolute Gasteiger partial charge is 0.308 e. The lowest BCUT2D eigenvalue weighted by atomic mass is 10.1. The van der Waals surface area contributed by atoms with Gasteiger partial charge >= 0.3 is 0 Å². The van der Waals surface area contributed by atoms with Crippen LogP contribution < -0.4 is 5.32 Å². The lowest BCUT2D eigenvalue weighted by molar-refractivity contribution is 0.445. The Labute approximate surface area is 105 Å². The zero-order valence-electron chi connectivity index (χ0n) is 12.0. The molecule has 1 heterocycles. The molecule has 0 aliphatic heterocycles. The van der Waals surface area contributed by atoms with E-state index in [0.29, 0.717) is 0 Å². The van der Waals surface area contributed by atoms with Crippen molar-refractivity contribution in [3.63, 3.8) is 0 Å². The van der Waals surface area contributed by atoms with E-state index in [1.807, 2.05) is 11.7 Å². The van der Waals surface area contributed by atoms with Crippen LogP contribution in [0.3, 0.4) is 0 Å². The van der Waals surface area contributed by atoms with Crippen molar-refractivity contribution in [1.82, 2.24) is 15.1 Å². The first-order valence-electron chi connectivity index (χ1n) is 6.26. The van der Waals surface area contributed by atoms with E-state index in [1.54, 1.807) is 0 Å². The summed E-state index contributed by atoms with van der Waals surface area (Å²) in [5.41, 5.74) is 3.91. The smallest absolute Gasteiger partial charge is 0.0694 e. The fraction of sp³-hybridized carbons (Fsp3) is 0.643. The Morgan fingerprint density at radius 3 is 2.65 bits per heavy atom. The average molecular weight is 235 g/mol. The lowest BCUT2D eigenvalue weighted by Gasteiger charge is -2.20. The van der Waals surface area contributed by atoms with Crippen LogP contribution >= 0.6 is 0 Å². The second kappa shape index (κ2) is 5.50. The van der Waals surface area contributed by atoms with Crippen LogP contribution in [0.4, 0.5) is 0 Å². The maximum absolute atomic E-state index is 4.44. The molecule has 3 nitrogen and oxygen atoms in total. The molecule has 3 heteroatoms. The highest BCUT2D eigenvalue weighted by molar-refractivity contribution is 5.54. The first-order valence-corrected chi connectivity index (χ1v) is 6.26. The molecule has 1 rings (SSSR count). The zero-order chi connectivity index (χ0) is 13.1. The minimum Gasteiger partial charge on any atom is -0.308 e. The van der Waals surface area contributed by atoms with Gasteiger partial charge in [-0.05, 0) is 34.1 Å². The first kappa shape index (κ1) is 14.0. The van der Waals surface area contributed by atoms with Gasteiger partial charge in [0.25, 0.3) is 0 Å². The molecule has 0 aliphatic carbocycles. The zero-order valence-corrected chi connectivity index (χ0v) is 12.0. The molecule has 0 saturated carbocycles. The molecule has 0 aliphatic rings. The third kappa shape index (κ3) is 4.73. The molecule has 0 bridgehead atoms. The van der Waals surface area contributed by atoms with Gasteiger partial charge in [0.1, 0.15) is 0 Å². The summed E-state index contributed by atoms with van der Waals surface area (Å²) >= 11 is 0. The highest BCUT2D eigenvalue weighted by Crippen LogP contribution is 2.12. The maximum Gasteiger partial charge on any atom is 0.0694 e. The van der Waals surface area contributed by atoms with Gasteiger partial charge in [0.2, 0.25) is 0 Å². The quantitative estimate of drug-likeness (QED) is 0.869. The summed E-state index contributed by atoms with van der Waals surface area (Å²) < 4.78 is 1.88. The number of hydrogen-bond acceptors (Lipinski definition) is 2. The molecule has 0 spiro atoms. The summed E-state index contributed by atoms with van der Waals surface area (Å²) in [6, 6.07) is 0. The predicted octanol–water partition coefficient (Wildman–Crippen LogP) is 2.77. The van der Waals surface area contributed by atoms with E-state index in [0.717, 1.165) is 13.0 Å². The van der Waals surface area contributed by atoms with Crippen LogP contribution in [0, 0.1) is 0 Å². The second-order valence-corrected chi connectivity index (χ2v) is 5.65. The molecule has 0 amide bonds. The van der Waals surface area contributed by atoms with Crippen molar-refractivity contribution in [1.29, 1.82) is 0 Å². The van der Waals surface area contributed by atoms with E-state index in [1.165, 1.54) is 16.8 Å². The van der Waals surface area contributed by atoms with Crippen LogP contribution in [0.15, 0.2) is 11.8 Å². The van der Waals surface area contributed by atoms with Crippen molar-refractivity contribution < 1.29 is 0 Å². The minimum absolute atomic E-state index is 0.164. The van der Waals surface area contributed by atoms with Gasteiger partial charge in [-0.3, -0.25) is 4.68 Å². The molecule has 0 radical (unpaired) electrons. The van der Waals surface area contributed by atoms with Crippen molar-refractivity contribution >= 4 is 6.08 Å². The van der Waals surface area contributed by atoms with E-state index in [9.17, 15) is 0 Å². The lowest BCUT2D eigenvalue weighted by Crippen LogP contribution is -2.36. The van der Waals surface area contributed by atoms with Crippen LogP contribution in [0.5, 0.6) is 0 Å². The molecule has 1 aromatic heterocycles. The summed E-state index contributed by atoms with van der Waals surface area (Å²) in [4.78, 5) is 0. The standard InChI is InChI=1S/C14H25N3/c1-7-13-12(10-17(6)16-13)8-11(2)9-15-14(3,4)5/h8,10,15H,7,9H2,1-6H3/b11-8-.